The van der Waals surface area contributed by atoms with Crippen LogP contribution in [0, 0.1) is 6.92 Å². The first-order valence-corrected chi connectivity index (χ1v) is 13.5. The first-order valence-electron chi connectivity index (χ1n) is 13.2. The van der Waals surface area contributed by atoms with Gasteiger partial charge >= 0.3 is 6.09 Å². The molecule has 9 heteroatoms. The summed E-state index contributed by atoms with van der Waals surface area (Å²) >= 11 is 7.14. The number of hydrogen-bond acceptors (Lipinski definition) is 6. The molecule has 0 N–H and O–H groups in total. The number of hydrogen-bond donors (Lipinski definition) is 0. The molecule has 0 radical (unpaired) electrons. The van der Waals surface area contributed by atoms with Crippen LogP contribution in [0.5, 0.6) is 0 Å². The highest BCUT2D eigenvalue weighted by Gasteiger charge is 2.42. The summed E-state index contributed by atoms with van der Waals surface area (Å²) in [7, 11) is 2.15. The topological polar surface area (TPSA) is 66.2 Å². The highest BCUT2D eigenvalue weighted by Crippen LogP contribution is 2.44. The highest BCUT2D eigenvalue weighted by molar-refractivity contribution is 6.30. The lowest BCUT2D eigenvalue weighted by Crippen LogP contribution is -2.45. The fraction of sp³-hybridized carbons (Fsp3) is 0.536. The van der Waals surface area contributed by atoms with Crippen LogP contribution in [0.1, 0.15) is 69.1 Å². The van der Waals surface area contributed by atoms with Gasteiger partial charge in [0.15, 0.2) is 0 Å². The van der Waals surface area contributed by atoms with Crippen LogP contribution in [0.2, 0.25) is 5.15 Å². The number of imidazole rings is 1. The highest BCUT2D eigenvalue weighted by atomic mass is 35.5. The number of piperidine rings is 1. The van der Waals surface area contributed by atoms with Crippen molar-refractivity contribution >= 4 is 29.2 Å². The molecule has 198 valence electrons. The van der Waals surface area contributed by atoms with Gasteiger partial charge in [0.05, 0.1) is 17.8 Å². The van der Waals surface area contributed by atoms with Crippen molar-refractivity contribution < 1.29 is 9.53 Å². The second kappa shape index (κ2) is 10.1. The lowest BCUT2D eigenvalue weighted by Gasteiger charge is -2.42. The van der Waals surface area contributed by atoms with Crippen molar-refractivity contribution in [1.82, 2.24) is 24.2 Å². The van der Waals surface area contributed by atoms with Crippen molar-refractivity contribution in [3.63, 3.8) is 0 Å². The molecule has 0 aromatic carbocycles. The Kier molecular flexibility index (Phi) is 7.07. The van der Waals surface area contributed by atoms with Gasteiger partial charge in [-0.25, -0.2) is 9.78 Å². The Morgan fingerprint density at radius 1 is 1.03 bits per heavy atom. The number of fused-ring (bicyclic) bond motifs is 1. The van der Waals surface area contributed by atoms with E-state index in [0.717, 1.165) is 68.2 Å². The van der Waals surface area contributed by atoms with Crippen LogP contribution < -0.4 is 4.90 Å². The molecule has 1 amide bonds. The molecule has 5 rings (SSSR count). The molecule has 5 heterocycles. The standard InChI is InChI=1S/C28H37ClN6O2/c1-19-9-8-14-30-24(19)20-10-6-11-21(34(20)27(36)37-28(2,3)4)25-26(29)35-22(31-25)12-7-13-23(35)33-17-15-32(5)16-18-33/h7-9,12-14,20-21H,6,10-11,15-18H2,1-5H3. The Bertz CT molecular complexity index is 1280. The third-order valence-corrected chi connectivity index (χ3v) is 7.69. The molecule has 2 fully saturated rings. The Hall–Kier alpha value is -2.84. The first-order chi connectivity index (χ1) is 17.6. The Balaban J connectivity index is 1.59. The number of nitrogens with zero attached hydrogens (tertiary/aromatic N) is 6. The molecule has 8 nitrogen and oxygen atoms in total. The summed E-state index contributed by atoms with van der Waals surface area (Å²) in [5.41, 5.74) is 2.83. The second-order valence-corrected chi connectivity index (χ2v) is 11.6. The van der Waals surface area contributed by atoms with Crippen molar-refractivity contribution in [2.24, 2.45) is 0 Å². The molecule has 0 saturated carbocycles. The molecule has 2 atom stereocenters. The molecule has 0 spiro atoms. The molecule has 2 unspecified atom stereocenters. The van der Waals surface area contributed by atoms with E-state index < -0.39 is 5.60 Å². The maximum atomic E-state index is 13.7. The van der Waals surface area contributed by atoms with Crippen molar-refractivity contribution in [2.45, 2.75) is 64.6 Å². The van der Waals surface area contributed by atoms with Gasteiger partial charge in [-0.1, -0.05) is 23.7 Å². The van der Waals surface area contributed by atoms with Gasteiger partial charge in [0.2, 0.25) is 0 Å². The van der Waals surface area contributed by atoms with Gasteiger partial charge in [0.1, 0.15) is 27.9 Å². The fourth-order valence-corrected chi connectivity index (χ4v) is 5.85. The summed E-state index contributed by atoms with van der Waals surface area (Å²) < 4.78 is 7.96. The summed E-state index contributed by atoms with van der Waals surface area (Å²) in [5, 5.41) is 0.557. The number of likely N-dealkylation sites (tertiary alicyclic amines) is 1. The minimum absolute atomic E-state index is 0.215. The van der Waals surface area contributed by atoms with Crippen molar-refractivity contribution in [2.75, 3.05) is 38.1 Å². The molecule has 3 aromatic heterocycles. The van der Waals surface area contributed by atoms with E-state index in [1.54, 1.807) is 6.20 Å². The van der Waals surface area contributed by atoms with Gasteiger partial charge in [-0.2, -0.15) is 0 Å². The normalized spacial score (nSPS) is 21.5. The molecule has 3 aromatic rings. The van der Waals surface area contributed by atoms with E-state index >= 15 is 0 Å². The zero-order valence-electron chi connectivity index (χ0n) is 22.4. The molecular formula is C28H37ClN6O2. The van der Waals surface area contributed by atoms with Crippen LogP contribution in [0.3, 0.4) is 0 Å². The third-order valence-electron chi connectivity index (χ3n) is 7.33. The summed E-state index contributed by atoms with van der Waals surface area (Å²) in [5.74, 6) is 1.03. The van der Waals surface area contributed by atoms with Gasteiger partial charge in [0, 0.05) is 32.4 Å². The molecule has 0 bridgehead atoms. The number of rotatable bonds is 3. The summed E-state index contributed by atoms with van der Waals surface area (Å²) in [6.07, 6.45) is 3.93. The average Bonchev–Trinajstić information content (AvgIpc) is 3.20. The molecule has 37 heavy (non-hydrogen) atoms. The number of aryl methyl sites for hydroxylation is 1. The summed E-state index contributed by atoms with van der Waals surface area (Å²) in [6, 6.07) is 9.55. The van der Waals surface area contributed by atoms with Crippen LogP contribution in [0.4, 0.5) is 10.6 Å². The first kappa shape index (κ1) is 25.8. The molecule has 2 aliphatic heterocycles. The van der Waals surface area contributed by atoms with Crippen molar-refractivity contribution in [1.29, 1.82) is 0 Å². The predicted octanol–water partition coefficient (Wildman–Crippen LogP) is 5.65. The minimum Gasteiger partial charge on any atom is -0.444 e. The zero-order valence-corrected chi connectivity index (χ0v) is 23.2. The number of halogens is 1. The number of pyridine rings is 2. The van der Waals surface area contributed by atoms with E-state index in [2.05, 4.69) is 27.9 Å². The number of ether oxygens (including phenoxy) is 1. The Labute approximate surface area is 224 Å². The summed E-state index contributed by atoms with van der Waals surface area (Å²) in [6.45, 7) is 11.6. The molecule has 0 aliphatic carbocycles. The Morgan fingerprint density at radius 2 is 1.73 bits per heavy atom. The summed E-state index contributed by atoms with van der Waals surface area (Å²) in [4.78, 5) is 30.0. The van der Waals surface area contributed by atoms with Gasteiger partial charge in [-0.15, -0.1) is 0 Å². The SMILES string of the molecule is Cc1cccnc1C1CCCC(c2nc3cccc(N4CCN(C)CC4)n3c2Cl)N1C(=O)OC(C)(C)C. The maximum absolute atomic E-state index is 13.7. The van der Waals surface area contributed by atoms with Crippen molar-refractivity contribution in [3.05, 3.63) is 58.6 Å². The Morgan fingerprint density at radius 3 is 2.41 bits per heavy atom. The largest absolute Gasteiger partial charge is 0.444 e. The number of amides is 1. The van der Waals surface area contributed by atoms with Crippen LogP contribution in [0.25, 0.3) is 5.65 Å². The lowest BCUT2D eigenvalue weighted by molar-refractivity contribution is -0.00793. The third kappa shape index (κ3) is 5.14. The maximum Gasteiger partial charge on any atom is 0.411 e. The van der Waals surface area contributed by atoms with Gasteiger partial charge in [-0.3, -0.25) is 14.3 Å². The van der Waals surface area contributed by atoms with E-state index in [-0.39, 0.29) is 18.2 Å². The van der Waals surface area contributed by atoms with Crippen LogP contribution in [-0.2, 0) is 4.74 Å². The fourth-order valence-electron chi connectivity index (χ4n) is 5.51. The van der Waals surface area contributed by atoms with E-state index in [4.69, 9.17) is 21.3 Å². The van der Waals surface area contributed by atoms with Crippen LogP contribution in [0.15, 0.2) is 36.5 Å². The quantitative estimate of drug-likeness (QED) is 0.441. The average molecular weight is 525 g/mol. The lowest BCUT2D eigenvalue weighted by atomic mass is 9.90. The van der Waals surface area contributed by atoms with E-state index in [1.807, 2.05) is 61.3 Å². The van der Waals surface area contributed by atoms with Crippen LogP contribution in [-0.4, -0.2) is 69.1 Å². The number of carbonyl (C=O) groups is 1. The molecule has 2 aliphatic rings. The van der Waals surface area contributed by atoms with Gasteiger partial charge in [-0.05, 0) is 77.8 Å². The van der Waals surface area contributed by atoms with E-state index in [1.165, 1.54) is 0 Å². The number of likely N-dealkylation sites (N-methyl/N-ethyl adjacent to an activating group) is 1. The second-order valence-electron chi connectivity index (χ2n) is 11.2. The van der Waals surface area contributed by atoms with Gasteiger partial charge < -0.3 is 14.5 Å². The van der Waals surface area contributed by atoms with Gasteiger partial charge in [0.25, 0.3) is 0 Å². The molecular weight excluding hydrogens is 488 g/mol. The number of carbonyl (C=O) groups excluding carboxylic acids is 1. The van der Waals surface area contributed by atoms with E-state index in [0.29, 0.717) is 10.8 Å². The zero-order chi connectivity index (χ0) is 26.3. The van der Waals surface area contributed by atoms with E-state index in [9.17, 15) is 4.79 Å². The monoisotopic (exact) mass is 524 g/mol. The number of aromatic nitrogens is 3. The predicted molar refractivity (Wildman–Crippen MR) is 146 cm³/mol. The smallest absolute Gasteiger partial charge is 0.411 e. The number of anilines is 1. The van der Waals surface area contributed by atoms with Crippen LogP contribution >= 0.6 is 11.6 Å². The minimum atomic E-state index is -0.625. The number of piperazine rings is 1. The molecule has 2 saturated heterocycles. The van der Waals surface area contributed by atoms with Crippen molar-refractivity contribution in [3.8, 4) is 0 Å².